The maximum absolute atomic E-state index is 12.5. The lowest BCUT2D eigenvalue weighted by molar-refractivity contribution is -0.124. The first kappa shape index (κ1) is 13.3. The molecule has 1 aliphatic carbocycles. The molecule has 1 saturated heterocycles. The Morgan fingerprint density at radius 1 is 1.38 bits per heavy atom. The van der Waals surface area contributed by atoms with E-state index in [1.54, 1.807) is 0 Å². The van der Waals surface area contributed by atoms with Crippen LogP contribution in [0.5, 0.6) is 0 Å². The zero-order chi connectivity index (χ0) is 14.6. The predicted octanol–water partition coefficient (Wildman–Crippen LogP) is 1.04. The molecule has 0 aromatic carbocycles. The van der Waals surface area contributed by atoms with Crippen molar-refractivity contribution in [2.45, 2.75) is 45.2 Å². The molecule has 1 saturated carbocycles. The highest BCUT2D eigenvalue weighted by molar-refractivity contribution is 5.83. The van der Waals surface area contributed by atoms with Crippen LogP contribution in [-0.4, -0.2) is 28.5 Å². The molecule has 2 aliphatic heterocycles. The molecule has 3 heterocycles. The number of carbonyl (C=O) groups is 1. The molecule has 5 nitrogen and oxygen atoms in total. The van der Waals surface area contributed by atoms with Crippen LogP contribution in [0.1, 0.15) is 38.2 Å². The predicted molar refractivity (Wildman–Crippen MR) is 79.7 cm³/mol. The van der Waals surface area contributed by atoms with E-state index in [2.05, 4.69) is 34.0 Å². The fourth-order valence-electron chi connectivity index (χ4n) is 4.19. The van der Waals surface area contributed by atoms with Gasteiger partial charge in [-0.1, -0.05) is 0 Å². The van der Waals surface area contributed by atoms with E-state index in [-0.39, 0.29) is 11.8 Å². The quantitative estimate of drug-likeness (QED) is 0.873. The average Bonchev–Trinajstić information content (AvgIpc) is 2.82. The monoisotopic (exact) mass is 288 g/mol. The Hall–Kier alpha value is -1.36. The van der Waals surface area contributed by atoms with Crippen molar-refractivity contribution in [2.24, 2.45) is 17.8 Å². The zero-order valence-corrected chi connectivity index (χ0v) is 12.9. The Labute approximate surface area is 125 Å². The molecule has 4 rings (SSSR count). The topological polar surface area (TPSA) is 59.0 Å². The Balaban J connectivity index is 1.51. The zero-order valence-electron chi connectivity index (χ0n) is 12.9. The fourth-order valence-corrected chi connectivity index (χ4v) is 4.19. The maximum Gasteiger partial charge on any atom is 0.224 e. The number of aromatic nitrogens is 2. The van der Waals surface area contributed by atoms with Gasteiger partial charge < -0.3 is 15.2 Å². The van der Waals surface area contributed by atoms with Crippen LogP contribution in [0.3, 0.4) is 0 Å². The average molecular weight is 288 g/mol. The standard InChI is InChI=1S/C16H24N4O/c1-16(2,15-18-7-10-5-3-4-6-20(10)15)19-14(21)13-11-8-17-9-12(11)13/h7,11-13,17H,3-6,8-9H2,1-2H3,(H,19,21). The van der Waals surface area contributed by atoms with Crippen LogP contribution in [-0.2, 0) is 23.3 Å². The van der Waals surface area contributed by atoms with Crippen molar-refractivity contribution in [3.8, 4) is 0 Å². The van der Waals surface area contributed by atoms with E-state index in [9.17, 15) is 4.79 Å². The first-order valence-corrected chi connectivity index (χ1v) is 8.15. The summed E-state index contributed by atoms with van der Waals surface area (Å²) in [7, 11) is 0. The van der Waals surface area contributed by atoms with Crippen molar-refractivity contribution in [1.82, 2.24) is 20.2 Å². The lowest BCUT2D eigenvalue weighted by Gasteiger charge is -2.29. The molecule has 2 N–H and O–H groups in total. The minimum atomic E-state index is -0.392. The molecule has 3 aliphatic rings. The van der Waals surface area contributed by atoms with Gasteiger partial charge in [0.15, 0.2) is 0 Å². The number of hydrogen-bond donors (Lipinski definition) is 2. The first-order valence-electron chi connectivity index (χ1n) is 8.15. The summed E-state index contributed by atoms with van der Waals surface area (Å²) in [6, 6.07) is 0. The highest BCUT2D eigenvalue weighted by atomic mass is 16.2. The lowest BCUT2D eigenvalue weighted by Crippen LogP contribution is -2.45. The van der Waals surface area contributed by atoms with Gasteiger partial charge >= 0.3 is 0 Å². The molecule has 21 heavy (non-hydrogen) atoms. The summed E-state index contributed by atoms with van der Waals surface area (Å²) in [4.78, 5) is 17.1. The second-order valence-corrected chi connectivity index (χ2v) is 7.31. The van der Waals surface area contributed by atoms with E-state index in [0.717, 1.165) is 31.9 Å². The number of nitrogens with one attached hydrogen (secondary N) is 2. The van der Waals surface area contributed by atoms with Gasteiger partial charge in [0.05, 0.1) is 5.54 Å². The van der Waals surface area contributed by atoms with Gasteiger partial charge in [-0.3, -0.25) is 4.79 Å². The third-order valence-electron chi connectivity index (χ3n) is 5.39. The number of amides is 1. The normalized spacial score (nSPS) is 30.7. The number of hydrogen-bond acceptors (Lipinski definition) is 3. The van der Waals surface area contributed by atoms with Gasteiger partial charge in [0.2, 0.25) is 5.91 Å². The van der Waals surface area contributed by atoms with Crippen LogP contribution in [0.2, 0.25) is 0 Å². The number of carbonyl (C=O) groups excluding carboxylic acids is 1. The van der Waals surface area contributed by atoms with E-state index in [1.807, 2.05) is 6.20 Å². The first-order chi connectivity index (χ1) is 10.1. The number of piperidine rings is 1. The van der Waals surface area contributed by atoms with Crippen LogP contribution in [0, 0.1) is 17.8 Å². The van der Waals surface area contributed by atoms with E-state index >= 15 is 0 Å². The summed E-state index contributed by atoms with van der Waals surface area (Å²) in [6.07, 6.45) is 5.54. The van der Waals surface area contributed by atoms with Crippen LogP contribution >= 0.6 is 0 Å². The molecule has 0 bridgehead atoms. The molecule has 2 fully saturated rings. The van der Waals surface area contributed by atoms with Gasteiger partial charge in [-0.2, -0.15) is 0 Å². The van der Waals surface area contributed by atoms with Crippen molar-refractivity contribution in [2.75, 3.05) is 13.1 Å². The molecule has 114 valence electrons. The highest BCUT2D eigenvalue weighted by Crippen LogP contribution is 2.49. The largest absolute Gasteiger partial charge is 0.344 e. The molecule has 1 aromatic heterocycles. The smallest absolute Gasteiger partial charge is 0.224 e. The summed E-state index contributed by atoms with van der Waals surface area (Å²) in [5.41, 5.74) is 0.919. The Morgan fingerprint density at radius 2 is 2.14 bits per heavy atom. The van der Waals surface area contributed by atoms with Crippen LogP contribution in [0.25, 0.3) is 0 Å². The van der Waals surface area contributed by atoms with Gasteiger partial charge in [0.1, 0.15) is 5.82 Å². The molecule has 5 heteroatoms. The second kappa shape index (κ2) is 4.57. The van der Waals surface area contributed by atoms with Gasteiger partial charge in [0.25, 0.3) is 0 Å². The van der Waals surface area contributed by atoms with Crippen molar-refractivity contribution >= 4 is 5.91 Å². The van der Waals surface area contributed by atoms with Gasteiger partial charge in [-0.25, -0.2) is 4.98 Å². The van der Waals surface area contributed by atoms with Gasteiger partial charge in [0, 0.05) is 24.4 Å². The molecule has 0 radical (unpaired) electrons. The summed E-state index contributed by atoms with van der Waals surface area (Å²) in [6.45, 7) is 7.18. The minimum absolute atomic E-state index is 0.213. The van der Waals surface area contributed by atoms with Gasteiger partial charge in [-0.15, -0.1) is 0 Å². The third-order valence-corrected chi connectivity index (χ3v) is 5.39. The second-order valence-electron chi connectivity index (χ2n) is 7.31. The van der Waals surface area contributed by atoms with Crippen molar-refractivity contribution in [3.05, 3.63) is 17.7 Å². The van der Waals surface area contributed by atoms with Crippen LogP contribution < -0.4 is 10.6 Å². The lowest BCUT2D eigenvalue weighted by atomic mass is 10.0. The van der Waals surface area contributed by atoms with E-state index in [1.165, 1.54) is 18.5 Å². The van der Waals surface area contributed by atoms with E-state index in [0.29, 0.717) is 11.8 Å². The number of nitrogens with zero attached hydrogens (tertiary/aromatic N) is 2. The van der Waals surface area contributed by atoms with E-state index < -0.39 is 5.54 Å². The number of imidazole rings is 1. The molecular weight excluding hydrogens is 264 g/mol. The summed E-state index contributed by atoms with van der Waals surface area (Å²) in [5.74, 6) is 2.57. The van der Waals surface area contributed by atoms with Crippen molar-refractivity contribution in [3.63, 3.8) is 0 Å². The number of rotatable bonds is 3. The maximum atomic E-state index is 12.5. The van der Waals surface area contributed by atoms with Gasteiger partial charge in [-0.05, 0) is 58.0 Å². The van der Waals surface area contributed by atoms with Crippen LogP contribution in [0.15, 0.2) is 6.20 Å². The summed E-state index contributed by atoms with van der Waals surface area (Å²) in [5, 5.41) is 6.59. The summed E-state index contributed by atoms with van der Waals surface area (Å²) >= 11 is 0. The third kappa shape index (κ3) is 2.09. The van der Waals surface area contributed by atoms with E-state index in [4.69, 9.17) is 0 Å². The Morgan fingerprint density at radius 3 is 2.90 bits per heavy atom. The SMILES string of the molecule is CC(C)(NC(=O)C1C2CNCC21)c1ncc2n1CCCC2. The fraction of sp³-hybridized carbons (Fsp3) is 0.750. The molecule has 2 unspecified atom stereocenters. The number of fused-ring (bicyclic) bond motifs is 2. The van der Waals surface area contributed by atoms with Crippen LogP contribution in [0.4, 0.5) is 0 Å². The molecule has 0 spiro atoms. The van der Waals surface area contributed by atoms with Crippen molar-refractivity contribution < 1.29 is 4.79 Å². The Kier molecular flexibility index (Phi) is 2.89. The molecule has 1 aromatic rings. The molecule has 1 amide bonds. The Bertz CT molecular complexity index is 567. The van der Waals surface area contributed by atoms with Crippen molar-refractivity contribution in [1.29, 1.82) is 0 Å². The molecule has 2 atom stereocenters. The minimum Gasteiger partial charge on any atom is -0.344 e. The molecular formula is C16H24N4O. The highest BCUT2D eigenvalue weighted by Gasteiger charge is 2.57. The number of aryl methyl sites for hydroxylation is 1. The summed E-state index contributed by atoms with van der Waals surface area (Å²) < 4.78 is 2.30.